The van der Waals surface area contributed by atoms with Gasteiger partial charge in [0.05, 0.1) is 25.2 Å². The highest BCUT2D eigenvalue weighted by atomic mass is 16.5. The molecule has 132 valence electrons. The second-order valence-corrected chi connectivity index (χ2v) is 6.08. The molecule has 24 heavy (non-hydrogen) atoms. The lowest BCUT2D eigenvalue weighted by molar-refractivity contribution is 0.0499. The summed E-state index contributed by atoms with van der Waals surface area (Å²) in [6.07, 6.45) is 1.03. The van der Waals surface area contributed by atoms with Crippen LogP contribution in [0.1, 0.15) is 37.0 Å². The summed E-state index contributed by atoms with van der Waals surface area (Å²) in [6.45, 7) is 3.73. The lowest BCUT2D eigenvalue weighted by Crippen LogP contribution is -2.39. The van der Waals surface area contributed by atoms with Crippen molar-refractivity contribution >= 4 is 17.5 Å². The first-order chi connectivity index (χ1) is 11.4. The van der Waals surface area contributed by atoms with Crippen LogP contribution < -0.4 is 10.1 Å². The van der Waals surface area contributed by atoms with E-state index >= 15 is 0 Å². The van der Waals surface area contributed by atoms with Crippen LogP contribution in [-0.4, -0.2) is 58.8 Å². The van der Waals surface area contributed by atoms with Gasteiger partial charge >= 0.3 is 6.03 Å². The number of carbonyl (C=O) groups is 2. The summed E-state index contributed by atoms with van der Waals surface area (Å²) in [6, 6.07) is 4.50. The maximum atomic E-state index is 12.4. The van der Waals surface area contributed by atoms with Crippen LogP contribution in [0.4, 0.5) is 10.5 Å². The summed E-state index contributed by atoms with van der Waals surface area (Å²) in [5, 5.41) is 20.6. The van der Waals surface area contributed by atoms with E-state index in [0.717, 1.165) is 6.42 Å². The fourth-order valence-electron chi connectivity index (χ4n) is 2.61. The summed E-state index contributed by atoms with van der Waals surface area (Å²) in [5.74, 6) is 0.510. The molecule has 1 heterocycles. The quantitative estimate of drug-likeness (QED) is 0.733. The molecule has 1 aliphatic rings. The highest BCUT2D eigenvalue weighted by Crippen LogP contribution is 2.36. The van der Waals surface area contributed by atoms with Crippen LogP contribution >= 0.6 is 0 Å². The number of anilines is 1. The molecule has 7 heteroatoms. The number of amides is 2. The number of benzene rings is 1. The van der Waals surface area contributed by atoms with Gasteiger partial charge in [-0.3, -0.25) is 4.79 Å². The number of ether oxygens (including phenoxy) is 1. The van der Waals surface area contributed by atoms with Gasteiger partial charge in [0.2, 0.25) is 0 Å². The zero-order valence-corrected chi connectivity index (χ0v) is 14.0. The van der Waals surface area contributed by atoms with Crippen molar-refractivity contribution in [3.05, 3.63) is 23.8 Å². The van der Waals surface area contributed by atoms with Gasteiger partial charge in [0.15, 0.2) is 5.78 Å². The van der Waals surface area contributed by atoms with Crippen molar-refractivity contribution in [3.8, 4) is 5.75 Å². The molecule has 0 radical (unpaired) electrons. The number of ketones is 1. The predicted molar refractivity (Wildman–Crippen MR) is 89.5 cm³/mol. The zero-order chi connectivity index (χ0) is 17.7. The number of hydrogen-bond donors (Lipinski definition) is 3. The Kier molecular flexibility index (Phi) is 5.80. The molecule has 3 N–H and O–H groups in total. The van der Waals surface area contributed by atoms with Gasteiger partial charge in [0.1, 0.15) is 11.4 Å². The van der Waals surface area contributed by atoms with Crippen LogP contribution in [-0.2, 0) is 0 Å². The molecule has 0 saturated heterocycles. The number of hydrogen-bond acceptors (Lipinski definition) is 5. The molecular weight excluding hydrogens is 312 g/mol. The second-order valence-electron chi connectivity index (χ2n) is 6.08. The van der Waals surface area contributed by atoms with Crippen molar-refractivity contribution in [3.63, 3.8) is 0 Å². The Balaban J connectivity index is 2.16. The lowest BCUT2D eigenvalue weighted by Gasteiger charge is -2.34. The van der Waals surface area contributed by atoms with Crippen LogP contribution in [0.5, 0.6) is 5.75 Å². The van der Waals surface area contributed by atoms with E-state index in [4.69, 9.17) is 14.9 Å². The maximum Gasteiger partial charge on any atom is 0.321 e. The Hall–Kier alpha value is -2.12. The largest absolute Gasteiger partial charge is 0.486 e. The van der Waals surface area contributed by atoms with Gasteiger partial charge in [-0.05, 0) is 31.5 Å². The fraction of sp³-hybridized carbons (Fsp3) is 0.529. The first kappa shape index (κ1) is 18.2. The summed E-state index contributed by atoms with van der Waals surface area (Å²) in [5.41, 5.74) is 0.430. The third-order valence-electron chi connectivity index (χ3n) is 4.20. The molecular formula is C17H24N2O5. The molecule has 0 unspecified atom stereocenters. The Morgan fingerprint density at radius 1 is 1.33 bits per heavy atom. The number of nitrogens with one attached hydrogen (secondary N) is 1. The number of fused-ring (bicyclic) bond motifs is 1. The summed E-state index contributed by atoms with van der Waals surface area (Å²) in [7, 11) is 0. The Morgan fingerprint density at radius 3 is 2.58 bits per heavy atom. The molecule has 1 aromatic rings. The van der Waals surface area contributed by atoms with Crippen molar-refractivity contribution in [1.82, 2.24) is 4.90 Å². The van der Waals surface area contributed by atoms with Crippen molar-refractivity contribution < 1.29 is 24.5 Å². The van der Waals surface area contributed by atoms with E-state index in [2.05, 4.69) is 5.32 Å². The van der Waals surface area contributed by atoms with Gasteiger partial charge in [0, 0.05) is 18.8 Å². The number of aliphatic hydroxyl groups is 2. The number of aliphatic hydroxyl groups excluding tert-OH is 2. The average molecular weight is 336 g/mol. The van der Waals surface area contributed by atoms with E-state index in [1.807, 2.05) is 13.8 Å². The average Bonchev–Trinajstić information content (AvgIpc) is 2.55. The highest BCUT2D eigenvalue weighted by molar-refractivity contribution is 6.02. The molecule has 1 atom stereocenters. The molecule has 0 saturated carbocycles. The van der Waals surface area contributed by atoms with E-state index in [1.165, 1.54) is 4.90 Å². The fourth-order valence-corrected chi connectivity index (χ4v) is 2.61. The van der Waals surface area contributed by atoms with Crippen LogP contribution in [0, 0.1) is 0 Å². The predicted octanol–water partition coefficient (Wildman–Crippen LogP) is 1.64. The van der Waals surface area contributed by atoms with Gasteiger partial charge in [-0.1, -0.05) is 6.92 Å². The van der Waals surface area contributed by atoms with Crippen LogP contribution in [0.15, 0.2) is 18.2 Å². The topological polar surface area (TPSA) is 99.1 Å². The Morgan fingerprint density at radius 2 is 2.00 bits per heavy atom. The molecule has 1 aliphatic heterocycles. The zero-order valence-electron chi connectivity index (χ0n) is 14.0. The van der Waals surface area contributed by atoms with E-state index < -0.39 is 11.6 Å². The molecule has 1 aromatic carbocycles. The van der Waals surface area contributed by atoms with Gasteiger partial charge in [0.25, 0.3) is 0 Å². The summed E-state index contributed by atoms with van der Waals surface area (Å²) < 4.78 is 5.91. The minimum atomic E-state index is -0.492. The number of urea groups is 1. The molecule has 0 fully saturated rings. The van der Waals surface area contributed by atoms with Gasteiger partial charge < -0.3 is 25.2 Å². The third-order valence-corrected chi connectivity index (χ3v) is 4.20. The smallest absolute Gasteiger partial charge is 0.321 e. The van der Waals surface area contributed by atoms with E-state index in [1.54, 1.807) is 18.2 Å². The minimum absolute atomic E-state index is 0.0146. The maximum absolute atomic E-state index is 12.4. The SMILES string of the molecule is CC[C@]1(C)CC(=O)c2cc(NC(=O)N(CCO)CCO)ccc2O1. The second kappa shape index (κ2) is 7.63. The molecule has 7 nitrogen and oxygen atoms in total. The third kappa shape index (κ3) is 4.04. The monoisotopic (exact) mass is 336 g/mol. The van der Waals surface area contributed by atoms with E-state index in [0.29, 0.717) is 23.4 Å². The first-order valence-electron chi connectivity index (χ1n) is 8.06. The number of Topliss-reactive ketones (excluding diaryl/α,β-unsaturated/α-hetero) is 1. The number of rotatable bonds is 6. The van der Waals surface area contributed by atoms with Gasteiger partial charge in [-0.25, -0.2) is 4.79 Å². The molecule has 2 rings (SSSR count). The van der Waals surface area contributed by atoms with Crippen molar-refractivity contribution in [2.75, 3.05) is 31.6 Å². The summed E-state index contributed by atoms with van der Waals surface area (Å²) >= 11 is 0. The Labute approximate surface area is 141 Å². The summed E-state index contributed by atoms with van der Waals surface area (Å²) in [4.78, 5) is 25.8. The highest BCUT2D eigenvalue weighted by Gasteiger charge is 2.35. The molecule has 0 aromatic heterocycles. The van der Waals surface area contributed by atoms with Crippen LogP contribution in [0.2, 0.25) is 0 Å². The van der Waals surface area contributed by atoms with Gasteiger partial charge in [-0.2, -0.15) is 0 Å². The normalized spacial score (nSPS) is 19.4. The molecule has 0 spiro atoms. The number of carbonyl (C=O) groups excluding carboxylic acids is 2. The van der Waals surface area contributed by atoms with E-state index in [9.17, 15) is 9.59 Å². The van der Waals surface area contributed by atoms with Crippen molar-refractivity contribution in [2.45, 2.75) is 32.3 Å². The minimum Gasteiger partial charge on any atom is -0.486 e. The lowest BCUT2D eigenvalue weighted by atomic mass is 9.89. The molecule has 0 aliphatic carbocycles. The van der Waals surface area contributed by atoms with Gasteiger partial charge in [-0.15, -0.1) is 0 Å². The molecule has 0 bridgehead atoms. The first-order valence-corrected chi connectivity index (χ1v) is 8.06. The van der Waals surface area contributed by atoms with Crippen molar-refractivity contribution in [1.29, 1.82) is 0 Å². The molecule has 2 amide bonds. The Bertz CT molecular complexity index is 613. The number of nitrogens with zero attached hydrogens (tertiary/aromatic N) is 1. The van der Waals surface area contributed by atoms with E-state index in [-0.39, 0.29) is 32.1 Å². The van der Waals surface area contributed by atoms with Crippen LogP contribution in [0.3, 0.4) is 0 Å². The van der Waals surface area contributed by atoms with Crippen LogP contribution in [0.25, 0.3) is 0 Å². The van der Waals surface area contributed by atoms with Crippen molar-refractivity contribution in [2.24, 2.45) is 0 Å². The standard InChI is InChI=1S/C17H24N2O5/c1-3-17(2)11-14(22)13-10-12(4-5-15(13)24-17)18-16(23)19(6-8-20)7-9-21/h4-5,10,20-21H,3,6-9,11H2,1-2H3,(H,18,23)/t17-/m1/s1.